The summed E-state index contributed by atoms with van der Waals surface area (Å²) in [4.78, 5) is 11.7. The van der Waals surface area contributed by atoms with Gasteiger partial charge < -0.3 is 15.4 Å². The zero-order valence-corrected chi connectivity index (χ0v) is 14.2. The topological polar surface area (TPSA) is 50.4 Å². The molecule has 1 aliphatic rings. The fourth-order valence-electron chi connectivity index (χ4n) is 2.44. The average Bonchev–Trinajstić information content (AvgIpc) is 2.51. The normalized spacial score (nSPS) is 21.7. The fourth-order valence-corrected chi connectivity index (χ4v) is 2.80. The Morgan fingerprint density at radius 2 is 2.05 bits per heavy atom. The smallest absolute Gasteiger partial charge is 0.407 e. The van der Waals surface area contributed by atoms with Gasteiger partial charge in [0.05, 0.1) is 0 Å². The maximum absolute atomic E-state index is 11.7. The number of amides is 1. The molecule has 1 aromatic rings. The van der Waals surface area contributed by atoms with Crippen LogP contribution < -0.4 is 10.6 Å². The first-order valence-electron chi connectivity index (χ1n) is 7.90. The second-order valence-electron chi connectivity index (χ2n) is 5.86. The third kappa shape index (κ3) is 5.89. The van der Waals surface area contributed by atoms with Crippen molar-refractivity contribution in [3.63, 3.8) is 0 Å². The van der Waals surface area contributed by atoms with E-state index in [2.05, 4.69) is 23.8 Å². The van der Waals surface area contributed by atoms with Crippen LogP contribution in [0.1, 0.15) is 31.7 Å². The van der Waals surface area contributed by atoms with Crippen LogP contribution in [0, 0.1) is 0 Å². The summed E-state index contributed by atoms with van der Waals surface area (Å²) >= 11 is 1.90. The molecular weight excluding hydrogens is 296 g/mol. The molecule has 0 radical (unpaired) electrons. The summed E-state index contributed by atoms with van der Waals surface area (Å²) < 4.78 is 5.22. The number of ether oxygens (including phenoxy) is 1. The molecule has 5 heteroatoms. The summed E-state index contributed by atoms with van der Waals surface area (Å²) in [7, 11) is 0. The largest absolute Gasteiger partial charge is 0.445 e. The van der Waals surface area contributed by atoms with Crippen molar-refractivity contribution in [2.24, 2.45) is 0 Å². The van der Waals surface area contributed by atoms with Crippen molar-refractivity contribution in [2.45, 2.75) is 50.1 Å². The highest BCUT2D eigenvalue weighted by molar-refractivity contribution is 7.99. The average molecular weight is 322 g/mol. The van der Waals surface area contributed by atoms with Crippen LogP contribution in [0.15, 0.2) is 30.3 Å². The van der Waals surface area contributed by atoms with Crippen LogP contribution in [0.25, 0.3) is 0 Å². The van der Waals surface area contributed by atoms with Crippen LogP contribution in [0.4, 0.5) is 4.79 Å². The molecule has 2 N–H and O–H groups in total. The Bertz CT molecular complexity index is 449. The van der Waals surface area contributed by atoms with E-state index in [0.29, 0.717) is 17.9 Å². The Hall–Kier alpha value is -1.20. The minimum atomic E-state index is -0.316. The van der Waals surface area contributed by atoms with Gasteiger partial charge in [0.25, 0.3) is 0 Å². The number of nitrogens with one attached hydrogen (secondary N) is 2. The number of carbonyl (C=O) groups excluding carboxylic acids is 1. The van der Waals surface area contributed by atoms with Gasteiger partial charge in [-0.3, -0.25) is 0 Å². The van der Waals surface area contributed by atoms with Gasteiger partial charge in [-0.15, -0.1) is 0 Å². The molecule has 1 aromatic carbocycles. The summed E-state index contributed by atoms with van der Waals surface area (Å²) in [5, 5.41) is 7.16. The van der Waals surface area contributed by atoms with Gasteiger partial charge in [0.1, 0.15) is 6.61 Å². The SMILES string of the molecule is CSC(C)CCNC1CC(NC(=O)OCc2ccccc2)C1. The van der Waals surface area contributed by atoms with E-state index in [1.54, 1.807) is 0 Å². The first-order chi connectivity index (χ1) is 10.7. The minimum absolute atomic E-state index is 0.249. The molecule has 122 valence electrons. The predicted molar refractivity (Wildman–Crippen MR) is 92.2 cm³/mol. The van der Waals surface area contributed by atoms with Gasteiger partial charge in [-0.25, -0.2) is 4.79 Å². The lowest BCUT2D eigenvalue weighted by atomic mass is 9.87. The second kappa shape index (κ2) is 9.06. The van der Waals surface area contributed by atoms with E-state index in [1.807, 2.05) is 42.1 Å². The number of hydrogen-bond acceptors (Lipinski definition) is 4. The van der Waals surface area contributed by atoms with Crippen molar-refractivity contribution < 1.29 is 9.53 Å². The molecule has 0 bridgehead atoms. The maximum atomic E-state index is 11.7. The lowest BCUT2D eigenvalue weighted by Crippen LogP contribution is -2.52. The Balaban J connectivity index is 1.53. The molecule has 0 aromatic heterocycles. The molecule has 1 aliphatic carbocycles. The van der Waals surface area contributed by atoms with Crippen molar-refractivity contribution in [3.8, 4) is 0 Å². The van der Waals surface area contributed by atoms with E-state index in [9.17, 15) is 4.79 Å². The molecule has 0 aliphatic heterocycles. The highest BCUT2D eigenvalue weighted by Crippen LogP contribution is 2.20. The van der Waals surface area contributed by atoms with E-state index >= 15 is 0 Å². The molecular formula is C17H26N2O2S. The fraction of sp³-hybridized carbons (Fsp3) is 0.588. The quantitative estimate of drug-likeness (QED) is 0.772. The zero-order chi connectivity index (χ0) is 15.8. The Labute approximate surface area is 137 Å². The minimum Gasteiger partial charge on any atom is -0.445 e. The molecule has 1 amide bonds. The summed E-state index contributed by atoms with van der Waals surface area (Å²) in [6.07, 6.45) is 5.01. The zero-order valence-electron chi connectivity index (χ0n) is 13.4. The first kappa shape index (κ1) is 17.2. The van der Waals surface area contributed by atoms with Crippen molar-refractivity contribution in [3.05, 3.63) is 35.9 Å². The summed E-state index contributed by atoms with van der Waals surface area (Å²) in [6, 6.07) is 10.5. The van der Waals surface area contributed by atoms with Gasteiger partial charge in [-0.1, -0.05) is 37.3 Å². The third-order valence-electron chi connectivity index (χ3n) is 4.06. The molecule has 0 saturated heterocycles. The molecule has 0 spiro atoms. The van der Waals surface area contributed by atoms with Crippen LogP contribution in [-0.2, 0) is 11.3 Å². The van der Waals surface area contributed by atoms with Crippen molar-refractivity contribution >= 4 is 17.9 Å². The molecule has 1 saturated carbocycles. The van der Waals surface area contributed by atoms with Crippen LogP contribution in [0.2, 0.25) is 0 Å². The number of rotatable bonds is 8. The van der Waals surface area contributed by atoms with E-state index in [0.717, 1.165) is 24.9 Å². The maximum Gasteiger partial charge on any atom is 0.407 e. The second-order valence-corrected chi connectivity index (χ2v) is 7.14. The van der Waals surface area contributed by atoms with Gasteiger partial charge in [0.15, 0.2) is 0 Å². The monoisotopic (exact) mass is 322 g/mol. The third-order valence-corrected chi connectivity index (χ3v) is 5.10. The van der Waals surface area contributed by atoms with Gasteiger partial charge in [0, 0.05) is 17.3 Å². The summed E-state index contributed by atoms with van der Waals surface area (Å²) in [5.41, 5.74) is 1.01. The molecule has 22 heavy (non-hydrogen) atoms. The van der Waals surface area contributed by atoms with Gasteiger partial charge >= 0.3 is 6.09 Å². The van der Waals surface area contributed by atoms with Crippen molar-refractivity contribution in [1.82, 2.24) is 10.6 Å². The van der Waals surface area contributed by atoms with Crippen molar-refractivity contribution in [1.29, 1.82) is 0 Å². The Morgan fingerprint density at radius 3 is 2.73 bits per heavy atom. The van der Waals surface area contributed by atoms with E-state index in [-0.39, 0.29) is 12.1 Å². The summed E-state index contributed by atoms with van der Waals surface area (Å²) in [5.74, 6) is 0. The van der Waals surface area contributed by atoms with Crippen LogP contribution in [0.5, 0.6) is 0 Å². The van der Waals surface area contributed by atoms with Crippen LogP contribution >= 0.6 is 11.8 Å². The molecule has 1 unspecified atom stereocenters. The first-order valence-corrected chi connectivity index (χ1v) is 9.19. The molecule has 1 atom stereocenters. The van der Waals surface area contributed by atoms with E-state index in [4.69, 9.17) is 4.74 Å². The highest BCUT2D eigenvalue weighted by Gasteiger charge is 2.30. The number of carbonyl (C=O) groups is 1. The van der Waals surface area contributed by atoms with Gasteiger partial charge in [-0.2, -0.15) is 11.8 Å². The Kier molecular flexibility index (Phi) is 7.06. The van der Waals surface area contributed by atoms with E-state index < -0.39 is 0 Å². The number of hydrogen-bond donors (Lipinski definition) is 2. The molecule has 1 fully saturated rings. The summed E-state index contributed by atoms with van der Waals surface area (Å²) in [6.45, 7) is 3.63. The van der Waals surface area contributed by atoms with Gasteiger partial charge in [-0.05, 0) is 37.6 Å². The van der Waals surface area contributed by atoms with Crippen LogP contribution in [-0.4, -0.2) is 36.2 Å². The van der Waals surface area contributed by atoms with E-state index in [1.165, 1.54) is 6.42 Å². The lowest BCUT2D eigenvalue weighted by Gasteiger charge is -2.36. The number of benzene rings is 1. The van der Waals surface area contributed by atoms with Crippen molar-refractivity contribution in [2.75, 3.05) is 12.8 Å². The molecule has 0 heterocycles. The Morgan fingerprint density at radius 1 is 1.32 bits per heavy atom. The highest BCUT2D eigenvalue weighted by atomic mass is 32.2. The van der Waals surface area contributed by atoms with Gasteiger partial charge in [0.2, 0.25) is 0 Å². The molecule has 4 nitrogen and oxygen atoms in total. The molecule has 2 rings (SSSR count). The lowest BCUT2D eigenvalue weighted by molar-refractivity contribution is 0.125. The van der Waals surface area contributed by atoms with Crippen LogP contribution in [0.3, 0.4) is 0 Å². The number of thioether (sulfide) groups is 1. The standard InChI is InChI=1S/C17H26N2O2S/c1-13(22-2)8-9-18-15-10-16(11-15)19-17(20)21-12-14-6-4-3-5-7-14/h3-7,13,15-16,18H,8-12H2,1-2H3,(H,19,20). The predicted octanol–water partition coefficient (Wildman–Crippen LogP) is 3.18. The number of alkyl carbamates (subject to hydrolysis) is 1.